The first-order valence-corrected chi connectivity index (χ1v) is 5.28. The maximum absolute atomic E-state index is 4.53. The summed E-state index contributed by atoms with van der Waals surface area (Å²) >= 11 is 0. The molecule has 0 atom stereocenters. The molecule has 2 heterocycles. The third-order valence-corrected chi connectivity index (χ3v) is 2.94. The summed E-state index contributed by atoms with van der Waals surface area (Å²) in [6.45, 7) is 6.83. The quantitative estimate of drug-likeness (QED) is 0.602. The Morgan fingerprint density at radius 3 is 3.00 bits per heavy atom. The van der Waals surface area contributed by atoms with Gasteiger partial charge in [-0.2, -0.15) is 0 Å². The Morgan fingerprint density at radius 1 is 1.38 bits per heavy atom. The maximum atomic E-state index is 4.53. The number of aliphatic imine (C=N–C) groups is 1. The predicted octanol–water partition coefficient (Wildman–Crippen LogP) is 2.42. The van der Waals surface area contributed by atoms with Crippen molar-refractivity contribution in [2.75, 3.05) is 13.1 Å². The summed E-state index contributed by atoms with van der Waals surface area (Å²) in [6.07, 6.45) is 5.92. The highest BCUT2D eigenvalue weighted by Crippen LogP contribution is 2.21. The van der Waals surface area contributed by atoms with Crippen molar-refractivity contribution >= 4 is 5.84 Å². The SMILES string of the molecule is CC(C)C1=CN=C2CCCCN2C1. The van der Waals surface area contributed by atoms with Crippen LogP contribution in [-0.4, -0.2) is 23.8 Å². The zero-order valence-corrected chi connectivity index (χ0v) is 8.58. The zero-order chi connectivity index (χ0) is 9.26. The highest BCUT2D eigenvalue weighted by Gasteiger charge is 2.20. The summed E-state index contributed by atoms with van der Waals surface area (Å²) in [5.74, 6) is 1.96. The van der Waals surface area contributed by atoms with Crippen molar-refractivity contribution in [1.82, 2.24) is 4.90 Å². The number of hydrogen-bond acceptors (Lipinski definition) is 2. The van der Waals surface area contributed by atoms with Crippen LogP contribution >= 0.6 is 0 Å². The van der Waals surface area contributed by atoms with Gasteiger partial charge in [-0.25, -0.2) is 4.99 Å². The van der Waals surface area contributed by atoms with Crippen LogP contribution in [0.1, 0.15) is 33.1 Å². The number of piperidine rings is 1. The Kier molecular flexibility index (Phi) is 2.38. The minimum Gasteiger partial charge on any atom is -0.356 e. The Bertz CT molecular complexity index is 251. The predicted molar refractivity (Wildman–Crippen MR) is 55.8 cm³/mol. The second-order valence-corrected chi connectivity index (χ2v) is 4.28. The van der Waals surface area contributed by atoms with Crippen molar-refractivity contribution in [1.29, 1.82) is 0 Å². The molecule has 13 heavy (non-hydrogen) atoms. The second-order valence-electron chi connectivity index (χ2n) is 4.28. The molecule has 0 bridgehead atoms. The molecule has 0 aliphatic carbocycles. The van der Waals surface area contributed by atoms with E-state index in [0.29, 0.717) is 5.92 Å². The molecule has 0 unspecified atom stereocenters. The molecule has 2 aliphatic rings. The standard InChI is InChI=1S/C11H18N2/c1-9(2)10-7-12-11-5-3-4-6-13(11)8-10/h7,9H,3-6,8H2,1-2H3. The molecule has 0 aromatic rings. The molecular formula is C11H18N2. The van der Waals surface area contributed by atoms with Gasteiger partial charge in [-0.3, -0.25) is 0 Å². The van der Waals surface area contributed by atoms with E-state index in [1.54, 1.807) is 0 Å². The molecule has 0 amide bonds. The van der Waals surface area contributed by atoms with Gasteiger partial charge in [0.15, 0.2) is 0 Å². The zero-order valence-electron chi connectivity index (χ0n) is 8.58. The molecule has 2 aliphatic heterocycles. The summed E-state index contributed by atoms with van der Waals surface area (Å²) < 4.78 is 0. The smallest absolute Gasteiger partial charge is 0.104 e. The third-order valence-electron chi connectivity index (χ3n) is 2.94. The normalized spacial score (nSPS) is 22.5. The summed E-state index contributed by atoms with van der Waals surface area (Å²) in [5, 5.41) is 0. The Labute approximate surface area is 80.3 Å². The van der Waals surface area contributed by atoms with Crippen LogP contribution in [0.4, 0.5) is 0 Å². The minimum atomic E-state index is 0.646. The molecule has 1 saturated heterocycles. The van der Waals surface area contributed by atoms with Crippen LogP contribution in [0.5, 0.6) is 0 Å². The number of hydrogen-bond donors (Lipinski definition) is 0. The van der Waals surface area contributed by atoms with E-state index in [1.807, 2.05) is 0 Å². The maximum Gasteiger partial charge on any atom is 0.104 e. The van der Waals surface area contributed by atoms with Crippen LogP contribution in [-0.2, 0) is 0 Å². The van der Waals surface area contributed by atoms with Crippen LogP contribution in [0, 0.1) is 5.92 Å². The van der Waals surface area contributed by atoms with Gasteiger partial charge in [-0.05, 0) is 24.3 Å². The summed E-state index contributed by atoms with van der Waals surface area (Å²) in [6, 6.07) is 0. The number of amidine groups is 1. The molecule has 2 nitrogen and oxygen atoms in total. The molecule has 2 heteroatoms. The van der Waals surface area contributed by atoms with E-state index in [2.05, 4.69) is 29.9 Å². The Morgan fingerprint density at radius 2 is 2.23 bits per heavy atom. The van der Waals surface area contributed by atoms with Crippen LogP contribution in [0.25, 0.3) is 0 Å². The van der Waals surface area contributed by atoms with E-state index in [1.165, 1.54) is 37.2 Å². The lowest BCUT2D eigenvalue weighted by Crippen LogP contribution is -2.39. The lowest BCUT2D eigenvalue weighted by molar-refractivity contribution is 0.378. The van der Waals surface area contributed by atoms with Gasteiger partial charge in [0.1, 0.15) is 5.84 Å². The van der Waals surface area contributed by atoms with Gasteiger partial charge >= 0.3 is 0 Å². The Hall–Kier alpha value is -0.790. The Balaban J connectivity index is 2.13. The molecule has 0 spiro atoms. The fourth-order valence-electron chi connectivity index (χ4n) is 1.94. The highest BCUT2D eigenvalue weighted by atomic mass is 15.2. The van der Waals surface area contributed by atoms with E-state index >= 15 is 0 Å². The topological polar surface area (TPSA) is 15.6 Å². The molecule has 72 valence electrons. The van der Waals surface area contributed by atoms with Crippen LogP contribution in [0.3, 0.4) is 0 Å². The summed E-state index contributed by atoms with van der Waals surface area (Å²) in [4.78, 5) is 6.98. The molecular weight excluding hydrogens is 160 g/mol. The minimum absolute atomic E-state index is 0.646. The first-order valence-electron chi connectivity index (χ1n) is 5.28. The number of rotatable bonds is 1. The second kappa shape index (κ2) is 3.52. The van der Waals surface area contributed by atoms with Gasteiger partial charge in [-0.1, -0.05) is 13.8 Å². The van der Waals surface area contributed by atoms with E-state index in [9.17, 15) is 0 Å². The first-order chi connectivity index (χ1) is 6.27. The summed E-state index contributed by atoms with van der Waals surface area (Å²) in [7, 11) is 0. The van der Waals surface area contributed by atoms with Crippen molar-refractivity contribution in [3.05, 3.63) is 11.8 Å². The van der Waals surface area contributed by atoms with Gasteiger partial charge in [0.25, 0.3) is 0 Å². The fraction of sp³-hybridized carbons (Fsp3) is 0.727. The van der Waals surface area contributed by atoms with E-state index in [4.69, 9.17) is 0 Å². The van der Waals surface area contributed by atoms with Crippen LogP contribution in [0.2, 0.25) is 0 Å². The van der Waals surface area contributed by atoms with Crippen molar-refractivity contribution < 1.29 is 0 Å². The van der Waals surface area contributed by atoms with E-state index < -0.39 is 0 Å². The first kappa shape index (κ1) is 8.79. The number of fused-ring (bicyclic) bond motifs is 1. The molecule has 0 aromatic carbocycles. The average molecular weight is 178 g/mol. The molecule has 0 radical (unpaired) electrons. The lowest BCUT2D eigenvalue weighted by atomic mass is 10.0. The monoisotopic (exact) mass is 178 g/mol. The van der Waals surface area contributed by atoms with Gasteiger partial charge in [0.2, 0.25) is 0 Å². The van der Waals surface area contributed by atoms with E-state index in [0.717, 1.165) is 6.54 Å². The average Bonchev–Trinajstić information content (AvgIpc) is 2.17. The third kappa shape index (κ3) is 1.77. The van der Waals surface area contributed by atoms with Crippen molar-refractivity contribution in [2.24, 2.45) is 10.9 Å². The van der Waals surface area contributed by atoms with E-state index in [-0.39, 0.29) is 0 Å². The molecule has 2 rings (SSSR count). The molecule has 0 N–H and O–H groups in total. The summed E-state index contributed by atoms with van der Waals surface area (Å²) in [5.41, 5.74) is 1.48. The van der Waals surface area contributed by atoms with Gasteiger partial charge < -0.3 is 4.90 Å². The van der Waals surface area contributed by atoms with Gasteiger partial charge in [0.05, 0.1) is 0 Å². The lowest BCUT2D eigenvalue weighted by Gasteiger charge is -2.34. The molecule has 1 fully saturated rings. The molecule has 0 saturated carbocycles. The van der Waals surface area contributed by atoms with Crippen molar-refractivity contribution in [3.8, 4) is 0 Å². The van der Waals surface area contributed by atoms with Crippen LogP contribution < -0.4 is 0 Å². The number of nitrogens with zero attached hydrogens (tertiary/aromatic N) is 2. The van der Waals surface area contributed by atoms with Crippen molar-refractivity contribution in [3.63, 3.8) is 0 Å². The van der Waals surface area contributed by atoms with Crippen molar-refractivity contribution in [2.45, 2.75) is 33.1 Å². The van der Waals surface area contributed by atoms with Crippen LogP contribution in [0.15, 0.2) is 16.8 Å². The fourth-order valence-corrected chi connectivity index (χ4v) is 1.94. The highest BCUT2D eigenvalue weighted by molar-refractivity contribution is 5.84. The van der Waals surface area contributed by atoms with Gasteiger partial charge in [-0.15, -0.1) is 0 Å². The molecule has 0 aromatic heterocycles. The largest absolute Gasteiger partial charge is 0.356 e. The van der Waals surface area contributed by atoms with Gasteiger partial charge in [0, 0.05) is 25.7 Å².